The van der Waals surface area contributed by atoms with E-state index in [2.05, 4.69) is 15.9 Å². The minimum atomic E-state index is -0.00789. The summed E-state index contributed by atoms with van der Waals surface area (Å²) in [6.07, 6.45) is 0.863. The van der Waals surface area contributed by atoms with E-state index < -0.39 is 0 Å². The smallest absolute Gasteiger partial charge is 0.115 e. The van der Waals surface area contributed by atoms with Gasteiger partial charge in [-0.05, 0) is 30.2 Å². The average Bonchev–Trinajstić information content (AvgIpc) is 2.08. The maximum Gasteiger partial charge on any atom is 0.115 e. The molecule has 3 N–H and O–H groups in total. The second-order valence-electron chi connectivity index (χ2n) is 2.72. The van der Waals surface area contributed by atoms with Crippen LogP contribution in [0.2, 0.25) is 0 Å². The first-order valence-electron chi connectivity index (χ1n) is 3.89. The molecule has 1 atom stereocenters. The Morgan fingerprint density at radius 3 is 2.83 bits per heavy atom. The summed E-state index contributed by atoms with van der Waals surface area (Å²) in [6.45, 7) is 2.02. The van der Waals surface area contributed by atoms with Gasteiger partial charge >= 0.3 is 0 Å². The Morgan fingerprint density at radius 2 is 2.25 bits per heavy atom. The van der Waals surface area contributed by atoms with Gasteiger partial charge in [0.15, 0.2) is 0 Å². The predicted octanol–water partition coefficient (Wildman–Crippen LogP) is 2.56. The van der Waals surface area contributed by atoms with Crippen molar-refractivity contribution in [2.24, 2.45) is 5.73 Å². The van der Waals surface area contributed by atoms with Crippen molar-refractivity contribution < 1.29 is 5.11 Å². The first-order valence-corrected chi connectivity index (χ1v) is 4.68. The molecular formula is C9H12BrNO. The highest BCUT2D eigenvalue weighted by Crippen LogP contribution is 2.27. The molecule has 0 aliphatic carbocycles. The molecule has 0 saturated heterocycles. The standard InChI is InChI=1S/C9H12BrNO/c1-2-9(11)7-5-6(12)3-4-8(7)10/h3-5,9,12H,2,11H2,1H3. The van der Waals surface area contributed by atoms with Crippen molar-refractivity contribution in [1.82, 2.24) is 0 Å². The van der Waals surface area contributed by atoms with Crippen molar-refractivity contribution in [1.29, 1.82) is 0 Å². The first-order chi connectivity index (χ1) is 5.65. The van der Waals surface area contributed by atoms with Gasteiger partial charge in [-0.25, -0.2) is 0 Å². The molecule has 66 valence electrons. The van der Waals surface area contributed by atoms with Crippen molar-refractivity contribution in [3.8, 4) is 5.75 Å². The quantitative estimate of drug-likeness (QED) is 0.820. The molecule has 2 nitrogen and oxygen atoms in total. The van der Waals surface area contributed by atoms with Crippen molar-refractivity contribution in [2.45, 2.75) is 19.4 Å². The lowest BCUT2D eigenvalue weighted by Crippen LogP contribution is -2.08. The molecule has 12 heavy (non-hydrogen) atoms. The van der Waals surface area contributed by atoms with Crippen LogP contribution >= 0.6 is 15.9 Å². The molecule has 0 heterocycles. The van der Waals surface area contributed by atoms with Gasteiger partial charge in [-0.2, -0.15) is 0 Å². The summed E-state index contributed by atoms with van der Waals surface area (Å²) in [7, 11) is 0. The molecular weight excluding hydrogens is 218 g/mol. The van der Waals surface area contributed by atoms with Crippen LogP contribution in [0.3, 0.4) is 0 Å². The third-order valence-electron chi connectivity index (χ3n) is 1.82. The van der Waals surface area contributed by atoms with Crippen LogP contribution in [0.4, 0.5) is 0 Å². The van der Waals surface area contributed by atoms with Gasteiger partial charge in [0, 0.05) is 10.5 Å². The molecule has 1 aromatic rings. The molecule has 0 fully saturated rings. The fourth-order valence-corrected chi connectivity index (χ4v) is 1.58. The van der Waals surface area contributed by atoms with E-state index in [0.29, 0.717) is 0 Å². The number of benzene rings is 1. The zero-order valence-electron chi connectivity index (χ0n) is 6.92. The number of hydrogen-bond donors (Lipinski definition) is 2. The summed E-state index contributed by atoms with van der Waals surface area (Å²) in [5.74, 6) is 0.261. The lowest BCUT2D eigenvalue weighted by Gasteiger charge is -2.11. The Balaban J connectivity index is 3.04. The Hall–Kier alpha value is -0.540. The van der Waals surface area contributed by atoms with Crippen LogP contribution in [0.25, 0.3) is 0 Å². The molecule has 0 saturated carbocycles. The van der Waals surface area contributed by atoms with Crippen LogP contribution in [-0.4, -0.2) is 5.11 Å². The van der Waals surface area contributed by atoms with Crippen LogP contribution in [0, 0.1) is 0 Å². The number of aromatic hydroxyl groups is 1. The van der Waals surface area contributed by atoms with Crippen LogP contribution in [-0.2, 0) is 0 Å². The highest BCUT2D eigenvalue weighted by Gasteiger charge is 2.07. The van der Waals surface area contributed by atoms with E-state index in [1.54, 1.807) is 18.2 Å². The topological polar surface area (TPSA) is 46.2 Å². The maximum absolute atomic E-state index is 9.21. The Labute approximate surface area is 80.5 Å². The second kappa shape index (κ2) is 3.92. The van der Waals surface area contributed by atoms with Gasteiger partial charge < -0.3 is 10.8 Å². The lowest BCUT2D eigenvalue weighted by atomic mass is 10.1. The van der Waals surface area contributed by atoms with Gasteiger partial charge in [0.25, 0.3) is 0 Å². The minimum absolute atomic E-state index is 0.00789. The highest BCUT2D eigenvalue weighted by molar-refractivity contribution is 9.10. The summed E-state index contributed by atoms with van der Waals surface area (Å²) >= 11 is 3.38. The Bertz CT molecular complexity index is 275. The first kappa shape index (κ1) is 9.55. The molecule has 0 aliphatic heterocycles. The van der Waals surface area contributed by atoms with E-state index in [9.17, 15) is 5.11 Å². The SMILES string of the molecule is CCC(N)c1cc(O)ccc1Br. The van der Waals surface area contributed by atoms with E-state index >= 15 is 0 Å². The zero-order chi connectivity index (χ0) is 9.14. The average molecular weight is 230 g/mol. The number of phenols is 1. The molecule has 0 radical (unpaired) electrons. The second-order valence-corrected chi connectivity index (χ2v) is 3.57. The summed E-state index contributed by atoms with van der Waals surface area (Å²) in [6, 6.07) is 5.13. The predicted molar refractivity (Wildman–Crippen MR) is 53.0 cm³/mol. The third-order valence-corrected chi connectivity index (χ3v) is 2.54. The third kappa shape index (κ3) is 1.99. The van der Waals surface area contributed by atoms with Gasteiger partial charge in [0.05, 0.1) is 0 Å². The molecule has 3 heteroatoms. The van der Waals surface area contributed by atoms with E-state index in [4.69, 9.17) is 5.73 Å². The molecule has 1 aromatic carbocycles. The summed E-state index contributed by atoms with van der Waals surface area (Å²) in [5, 5.41) is 9.21. The summed E-state index contributed by atoms with van der Waals surface area (Å²) < 4.78 is 0.953. The fraction of sp³-hybridized carbons (Fsp3) is 0.333. The Kier molecular flexibility index (Phi) is 3.12. The lowest BCUT2D eigenvalue weighted by molar-refractivity contribution is 0.473. The van der Waals surface area contributed by atoms with Gasteiger partial charge in [-0.15, -0.1) is 0 Å². The molecule has 0 aliphatic rings. The van der Waals surface area contributed by atoms with Gasteiger partial charge in [-0.3, -0.25) is 0 Å². The van der Waals surface area contributed by atoms with Crippen LogP contribution in [0.15, 0.2) is 22.7 Å². The fourth-order valence-electron chi connectivity index (χ4n) is 1.04. The highest BCUT2D eigenvalue weighted by atomic mass is 79.9. The van der Waals surface area contributed by atoms with E-state index in [-0.39, 0.29) is 11.8 Å². The number of hydrogen-bond acceptors (Lipinski definition) is 2. The summed E-state index contributed by atoms with van der Waals surface area (Å²) in [4.78, 5) is 0. The van der Waals surface area contributed by atoms with E-state index in [1.165, 1.54) is 0 Å². The van der Waals surface area contributed by atoms with Gasteiger partial charge in [0.2, 0.25) is 0 Å². The van der Waals surface area contributed by atoms with Crippen LogP contribution in [0.5, 0.6) is 5.75 Å². The number of phenolic OH excluding ortho intramolecular Hbond substituents is 1. The number of nitrogens with two attached hydrogens (primary N) is 1. The van der Waals surface area contributed by atoms with E-state index in [1.807, 2.05) is 6.92 Å². The molecule has 0 amide bonds. The zero-order valence-corrected chi connectivity index (χ0v) is 8.51. The maximum atomic E-state index is 9.21. The minimum Gasteiger partial charge on any atom is -0.508 e. The van der Waals surface area contributed by atoms with Crippen molar-refractivity contribution in [3.05, 3.63) is 28.2 Å². The number of rotatable bonds is 2. The molecule has 1 unspecified atom stereocenters. The van der Waals surface area contributed by atoms with Crippen LogP contribution in [0.1, 0.15) is 24.9 Å². The monoisotopic (exact) mass is 229 g/mol. The number of halogens is 1. The van der Waals surface area contributed by atoms with Gasteiger partial charge in [-0.1, -0.05) is 22.9 Å². The molecule has 0 spiro atoms. The van der Waals surface area contributed by atoms with Crippen molar-refractivity contribution in [2.75, 3.05) is 0 Å². The van der Waals surface area contributed by atoms with Crippen LogP contribution < -0.4 is 5.73 Å². The molecule has 1 rings (SSSR count). The van der Waals surface area contributed by atoms with Gasteiger partial charge in [0.1, 0.15) is 5.75 Å². The summed E-state index contributed by atoms with van der Waals surface area (Å²) in [5.41, 5.74) is 6.78. The molecule has 0 aromatic heterocycles. The Morgan fingerprint density at radius 1 is 1.58 bits per heavy atom. The van der Waals surface area contributed by atoms with Crippen molar-refractivity contribution >= 4 is 15.9 Å². The van der Waals surface area contributed by atoms with E-state index in [0.717, 1.165) is 16.5 Å². The normalized spacial score (nSPS) is 12.9. The molecule has 0 bridgehead atoms. The van der Waals surface area contributed by atoms with Crippen molar-refractivity contribution in [3.63, 3.8) is 0 Å². The largest absolute Gasteiger partial charge is 0.508 e.